The van der Waals surface area contributed by atoms with E-state index in [4.69, 9.17) is 10.8 Å². The number of benzene rings is 1. The zero-order valence-electron chi connectivity index (χ0n) is 10.9. The van der Waals surface area contributed by atoms with E-state index in [1.807, 2.05) is 41.4 Å². The molecule has 0 amide bonds. The van der Waals surface area contributed by atoms with Crippen molar-refractivity contribution in [3.05, 3.63) is 42.2 Å². The van der Waals surface area contributed by atoms with Crippen molar-refractivity contribution in [3.63, 3.8) is 0 Å². The molecule has 7 nitrogen and oxygen atoms in total. The Hall–Kier alpha value is -2.41. The minimum Gasteiger partial charge on any atom is -0.394 e. The van der Waals surface area contributed by atoms with Crippen LogP contribution in [0.5, 0.6) is 0 Å². The Morgan fingerprint density at radius 3 is 2.85 bits per heavy atom. The van der Waals surface area contributed by atoms with Gasteiger partial charge in [-0.1, -0.05) is 23.4 Å². The molecule has 0 bridgehead atoms. The number of guanidine groups is 1. The maximum absolute atomic E-state index is 8.92. The van der Waals surface area contributed by atoms with Crippen molar-refractivity contribution >= 4 is 11.6 Å². The van der Waals surface area contributed by atoms with Crippen LogP contribution < -0.4 is 10.6 Å². The molecule has 0 spiro atoms. The van der Waals surface area contributed by atoms with Gasteiger partial charge in [0.25, 0.3) is 0 Å². The van der Waals surface area contributed by atoms with Crippen LogP contribution in [0, 0.1) is 0 Å². The third kappa shape index (κ3) is 2.23. The van der Waals surface area contributed by atoms with Gasteiger partial charge < -0.3 is 15.7 Å². The lowest BCUT2D eigenvalue weighted by Gasteiger charge is -2.24. The van der Waals surface area contributed by atoms with Gasteiger partial charge in [0, 0.05) is 5.69 Å². The molecule has 1 aromatic heterocycles. The highest BCUT2D eigenvalue weighted by atomic mass is 16.3. The fourth-order valence-corrected chi connectivity index (χ4v) is 2.30. The molecule has 0 saturated heterocycles. The van der Waals surface area contributed by atoms with Gasteiger partial charge in [-0.15, -0.1) is 5.10 Å². The van der Waals surface area contributed by atoms with Crippen LogP contribution in [0.1, 0.15) is 11.7 Å². The van der Waals surface area contributed by atoms with Crippen molar-refractivity contribution in [1.82, 2.24) is 15.0 Å². The van der Waals surface area contributed by atoms with E-state index >= 15 is 0 Å². The first-order chi connectivity index (χ1) is 9.79. The molecule has 1 aromatic carbocycles. The molecule has 3 N–H and O–H groups in total. The van der Waals surface area contributed by atoms with Crippen LogP contribution in [0.15, 0.2) is 41.5 Å². The number of hydrogen-bond acceptors (Lipinski definition) is 6. The lowest BCUT2D eigenvalue weighted by molar-refractivity contribution is 0.268. The highest BCUT2D eigenvalue weighted by Gasteiger charge is 2.30. The van der Waals surface area contributed by atoms with E-state index < -0.39 is 0 Å². The van der Waals surface area contributed by atoms with Gasteiger partial charge in [-0.2, -0.15) is 0 Å². The second-order valence-electron chi connectivity index (χ2n) is 4.55. The molecule has 2 heterocycles. The average Bonchev–Trinajstić information content (AvgIpc) is 3.07. The Morgan fingerprint density at radius 1 is 1.30 bits per heavy atom. The number of aliphatic imine (C=N–C) groups is 1. The molecule has 1 aliphatic heterocycles. The van der Waals surface area contributed by atoms with Crippen molar-refractivity contribution in [2.75, 3.05) is 18.1 Å². The quantitative estimate of drug-likeness (QED) is 0.826. The number of para-hydroxylation sites is 1. The molecular formula is C13H16N6O. The standard InChI is InChI=1S/C13H16N6O/c14-13-15-8-12(11-9-18(6-7-20)17-16-11)19(13)10-4-2-1-3-5-10/h1-5,9,12,20H,6-8H2,(H2,14,15). The van der Waals surface area contributed by atoms with Gasteiger partial charge in [0.15, 0.2) is 5.96 Å². The number of nitrogens with zero attached hydrogens (tertiary/aromatic N) is 5. The van der Waals surface area contributed by atoms with E-state index in [9.17, 15) is 0 Å². The van der Waals surface area contributed by atoms with Gasteiger partial charge in [0.05, 0.1) is 25.9 Å². The Kier molecular flexibility index (Phi) is 3.34. The fourth-order valence-electron chi connectivity index (χ4n) is 2.30. The van der Waals surface area contributed by atoms with Gasteiger partial charge in [0.2, 0.25) is 0 Å². The molecule has 0 fully saturated rings. The second-order valence-corrected chi connectivity index (χ2v) is 4.55. The summed E-state index contributed by atoms with van der Waals surface area (Å²) in [6.45, 7) is 1.02. The number of hydrogen-bond donors (Lipinski definition) is 2. The van der Waals surface area contributed by atoms with E-state index in [1.54, 1.807) is 4.68 Å². The minimum atomic E-state index is -0.0511. The van der Waals surface area contributed by atoms with Crippen molar-refractivity contribution in [2.45, 2.75) is 12.6 Å². The Bertz CT molecular complexity index is 608. The largest absolute Gasteiger partial charge is 0.394 e. The van der Waals surface area contributed by atoms with E-state index in [0.717, 1.165) is 11.4 Å². The molecule has 3 rings (SSSR count). The number of aromatic nitrogens is 3. The number of aliphatic hydroxyl groups is 1. The summed E-state index contributed by atoms with van der Waals surface area (Å²) in [5.41, 5.74) is 7.76. The molecule has 1 atom stereocenters. The van der Waals surface area contributed by atoms with Crippen molar-refractivity contribution in [3.8, 4) is 0 Å². The molecule has 2 aromatic rings. The fraction of sp³-hybridized carbons (Fsp3) is 0.308. The van der Waals surface area contributed by atoms with E-state index in [-0.39, 0.29) is 12.6 Å². The highest BCUT2D eigenvalue weighted by molar-refractivity contribution is 5.97. The lowest BCUT2D eigenvalue weighted by atomic mass is 10.2. The Morgan fingerprint density at radius 2 is 2.10 bits per heavy atom. The first-order valence-corrected chi connectivity index (χ1v) is 6.44. The predicted molar refractivity (Wildman–Crippen MR) is 75.3 cm³/mol. The maximum atomic E-state index is 8.92. The summed E-state index contributed by atoms with van der Waals surface area (Å²) in [7, 11) is 0. The normalized spacial score (nSPS) is 18.4. The molecule has 20 heavy (non-hydrogen) atoms. The number of nitrogens with two attached hydrogens (primary N) is 1. The van der Waals surface area contributed by atoms with Gasteiger partial charge in [-0.3, -0.25) is 4.99 Å². The average molecular weight is 272 g/mol. The molecule has 7 heteroatoms. The predicted octanol–water partition coefficient (Wildman–Crippen LogP) is 0.146. The minimum absolute atomic E-state index is 0.0362. The smallest absolute Gasteiger partial charge is 0.196 e. The summed E-state index contributed by atoms with van der Waals surface area (Å²) in [4.78, 5) is 6.25. The van der Waals surface area contributed by atoms with E-state index in [2.05, 4.69) is 15.3 Å². The summed E-state index contributed by atoms with van der Waals surface area (Å²) in [5.74, 6) is 0.484. The molecule has 104 valence electrons. The van der Waals surface area contributed by atoms with Crippen LogP contribution in [0.25, 0.3) is 0 Å². The molecule has 1 unspecified atom stereocenters. The molecule has 1 aliphatic rings. The summed E-state index contributed by atoms with van der Waals surface area (Å²) in [5, 5.41) is 17.1. The highest BCUT2D eigenvalue weighted by Crippen LogP contribution is 2.29. The van der Waals surface area contributed by atoms with Crippen LogP contribution in [0.3, 0.4) is 0 Å². The van der Waals surface area contributed by atoms with Crippen molar-refractivity contribution < 1.29 is 5.11 Å². The van der Waals surface area contributed by atoms with Gasteiger partial charge in [0.1, 0.15) is 11.7 Å². The molecule has 0 saturated carbocycles. The summed E-state index contributed by atoms with van der Waals surface area (Å²) >= 11 is 0. The van der Waals surface area contributed by atoms with Gasteiger partial charge in [-0.25, -0.2) is 4.68 Å². The number of anilines is 1. The molecule has 0 radical (unpaired) electrons. The number of aliphatic hydroxyl groups excluding tert-OH is 1. The summed E-state index contributed by atoms with van der Waals surface area (Å²) in [6.07, 6.45) is 1.82. The first kappa shape index (κ1) is 12.6. The van der Waals surface area contributed by atoms with Crippen LogP contribution in [0.2, 0.25) is 0 Å². The first-order valence-electron chi connectivity index (χ1n) is 6.44. The molecular weight excluding hydrogens is 256 g/mol. The van der Waals surface area contributed by atoms with Crippen molar-refractivity contribution in [2.24, 2.45) is 10.7 Å². The zero-order chi connectivity index (χ0) is 13.9. The van der Waals surface area contributed by atoms with Crippen LogP contribution in [-0.4, -0.2) is 39.2 Å². The van der Waals surface area contributed by atoms with E-state index in [0.29, 0.717) is 19.0 Å². The van der Waals surface area contributed by atoms with Gasteiger partial charge >= 0.3 is 0 Å². The Balaban J connectivity index is 1.89. The monoisotopic (exact) mass is 272 g/mol. The molecule has 0 aliphatic carbocycles. The van der Waals surface area contributed by atoms with Crippen LogP contribution >= 0.6 is 0 Å². The van der Waals surface area contributed by atoms with Gasteiger partial charge in [-0.05, 0) is 12.1 Å². The SMILES string of the molecule is NC1=NCC(c2cn(CCO)nn2)N1c1ccccc1. The van der Waals surface area contributed by atoms with E-state index in [1.165, 1.54) is 0 Å². The van der Waals surface area contributed by atoms with Crippen LogP contribution in [-0.2, 0) is 6.54 Å². The zero-order valence-corrected chi connectivity index (χ0v) is 10.9. The third-order valence-electron chi connectivity index (χ3n) is 3.25. The van der Waals surface area contributed by atoms with Crippen LogP contribution in [0.4, 0.5) is 5.69 Å². The topological polar surface area (TPSA) is 92.6 Å². The van der Waals surface area contributed by atoms with Crippen molar-refractivity contribution in [1.29, 1.82) is 0 Å². The summed E-state index contributed by atoms with van der Waals surface area (Å²) < 4.78 is 1.62. The maximum Gasteiger partial charge on any atom is 0.196 e. The third-order valence-corrected chi connectivity index (χ3v) is 3.25. The lowest BCUT2D eigenvalue weighted by Crippen LogP contribution is -2.36. The number of rotatable bonds is 4. The Labute approximate surface area is 116 Å². The second kappa shape index (κ2) is 5.30. The summed E-state index contributed by atoms with van der Waals surface area (Å²) in [6, 6.07) is 9.79.